The Labute approximate surface area is 81.3 Å². The van der Waals surface area contributed by atoms with Gasteiger partial charge >= 0.3 is 6.09 Å². The first-order valence-electron chi connectivity index (χ1n) is 3.81. The molecule has 1 rings (SSSR count). The Morgan fingerprint density at radius 2 is 2.46 bits per heavy atom. The molecule has 70 valence electrons. The van der Waals surface area contributed by atoms with E-state index >= 15 is 0 Å². The summed E-state index contributed by atoms with van der Waals surface area (Å²) >= 11 is 4.76. The van der Waals surface area contributed by atoms with Gasteiger partial charge in [-0.15, -0.1) is 0 Å². The largest absolute Gasteiger partial charge is 0.449 e. The molecule has 0 amide bonds. The summed E-state index contributed by atoms with van der Waals surface area (Å²) in [6.45, 7) is 2.07. The Balaban J connectivity index is 2.93. The van der Waals surface area contributed by atoms with E-state index in [2.05, 4.69) is 0 Å². The van der Waals surface area contributed by atoms with Crippen LogP contribution in [0.5, 0.6) is 0 Å². The van der Waals surface area contributed by atoms with E-state index in [9.17, 15) is 4.79 Å². The molecule has 13 heavy (non-hydrogen) atoms. The summed E-state index contributed by atoms with van der Waals surface area (Å²) in [5.41, 5.74) is 5.89. The first-order valence-corrected chi connectivity index (χ1v) is 4.22. The molecular formula is C8H10N2O2S. The first kappa shape index (κ1) is 9.73. The highest BCUT2D eigenvalue weighted by Crippen LogP contribution is 2.02. The van der Waals surface area contributed by atoms with Crippen molar-refractivity contribution < 1.29 is 9.53 Å². The topological polar surface area (TPSA) is 57.2 Å². The van der Waals surface area contributed by atoms with Crippen LogP contribution in [0.1, 0.15) is 12.6 Å². The molecule has 1 heterocycles. The van der Waals surface area contributed by atoms with E-state index in [0.717, 1.165) is 0 Å². The lowest BCUT2D eigenvalue weighted by molar-refractivity contribution is 0.154. The molecule has 0 radical (unpaired) electrons. The van der Waals surface area contributed by atoms with Gasteiger partial charge < -0.3 is 10.5 Å². The predicted octanol–water partition coefficient (Wildman–Crippen LogP) is 1.13. The van der Waals surface area contributed by atoms with Gasteiger partial charge in [-0.05, 0) is 19.1 Å². The Kier molecular flexibility index (Phi) is 3.02. The summed E-state index contributed by atoms with van der Waals surface area (Å²) in [6.07, 6.45) is 1.10. The molecule has 4 nitrogen and oxygen atoms in total. The number of hydrogen-bond donors (Lipinski definition) is 1. The van der Waals surface area contributed by atoms with Crippen LogP contribution in [0.25, 0.3) is 0 Å². The van der Waals surface area contributed by atoms with E-state index in [-0.39, 0.29) is 4.99 Å². The van der Waals surface area contributed by atoms with Crippen molar-refractivity contribution in [3.63, 3.8) is 0 Å². The average molecular weight is 198 g/mol. The average Bonchev–Trinajstić information content (AvgIpc) is 2.52. The van der Waals surface area contributed by atoms with Gasteiger partial charge in [0.15, 0.2) is 0 Å². The zero-order valence-electron chi connectivity index (χ0n) is 7.19. The highest BCUT2D eigenvalue weighted by molar-refractivity contribution is 7.80. The Morgan fingerprint density at radius 1 is 1.77 bits per heavy atom. The van der Waals surface area contributed by atoms with Crippen molar-refractivity contribution in [1.29, 1.82) is 0 Å². The minimum absolute atomic E-state index is 0.179. The summed E-state index contributed by atoms with van der Waals surface area (Å²) in [7, 11) is 0. The molecular weight excluding hydrogens is 188 g/mol. The summed E-state index contributed by atoms with van der Waals surface area (Å²) in [5, 5.41) is 0. The maximum Gasteiger partial charge on any atom is 0.418 e. The van der Waals surface area contributed by atoms with E-state index in [1.807, 2.05) is 0 Å². The number of thiocarbonyl (C=S) groups is 1. The zero-order chi connectivity index (χ0) is 9.84. The fourth-order valence-corrected chi connectivity index (χ4v) is 1.10. The number of nitrogens with zero attached hydrogens (tertiary/aromatic N) is 1. The minimum atomic E-state index is -0.463. The van der Waals surface area contributed by atoms with Crippen molar-refractivity contribution in [2.75, 3.05) is 6.61 Å². The summed E-state index contributed by atoms with van der Waals surface area (Å²) < 4.78 is 6.07. The van der Waals surface area contributed by atoms with Crippen LogP contribution >= 0.6 is 12.2 Å². The molecule has 2 N–H and O–H groups in total. The highest BCUT2D eigenvalue weighted by atomic mass is 32.1. The van der Waals surface area contributed by atoms with Crippen LogP contribution in [0.3, 0.4) is 0 Å². The maximum atomic E-state index is 11.3. The number of rotatable bonds is 2. The third-order valence-electron chi connectivity index (χ3n) is 1.47. The van der Waals surface area contributed by atoms with Crippen molar-refractivity contribution >= 4 is 23.3 Å². The fourth-order valence-electron chi connectivity index (χ4n) is 0.934. The molecule has 0 aliphatic heterocycles. The van der Waals surface area contributed by atoms with Crippen LogP contribution in [0.15, 0.2) is 18.3 Å². The first-order chi connectivity index (χ1) is 6.16. The number of carbonyl (C=O) groups excluding carboxylic acids is 1. The number of carbonyl (C=O) groups is 1. The fraction of sp³-hybridized carbons (Fsp3) is 0.250. The minimum Gasteiger partial charge on any atom is -0.449 e. The van der Waals surface area contributed by atoms with Crippen LogP contribution in [-0.4, -0.2) is 22.3 Å². The van der Waals surface area contributed by atoms with E-state index in [1.165, 1.54) is 4.57 Å². The van der Waals surface area contributed by atoms with Crippen LogP contribution < -0.4 is 5.73 Å². The second-order valence-electron chi connectivity index (χ2n) is 2.33. The molecule has 0 fully saturated rings. The Morgan fingerprint density at radius 3 is 3.00 bits per heavy atom. The third-order valence-corrected chi connectivity index (χ3v) is 1.67. The van der Waals surface area contributed by atoms with Gasteiger partial charge in [-0.3, -0.25) is 4.57 Å². The second kappa shape index (κ2) is 4.04. The molecule has 0 aliphatic carbocycles. The lowest BCUT2D eigenvalue weighted by Gasteiger charge is -2.05. The van der Waals surface area contributed by atoms with Crippen LogP contribution in [-0.2, 0) is 4.74 Å². The molecule has 0 bridgehead atoms. The zero-order valence-corrected chi connectivity index (χ0v) is 8.00. The Bertz CT molecular complexity index is 333. The molecule has 0 unspecified atom stereocenters. The monoisotopic (exact) mass is 198 g/mol. The highest BCUT2D eigenvalue weighted by Gasteiger charge is 2.10. The van der Waals surface area contributed by atoms with Crippen LogP contribution in [0.2, 0.25) is 0 Å². The predicted molar refractivity (Wildman–Crippen MR) is 52.7 cm³/mol. The smallest absolute Gasteiger partial charge is 0.418 e. The van der Waals surface area contributed by atoms with E-state index < -0.39 is 6.09 Å². The summed E-state index contributed by atoms with van der Waals surface area (Å²) in [6, 6.07) is 3.35. The third kappa shape index (κ3) is 2.06. The van der Waals surface area contributed by atoms with E-state index in [1.54, 1.807) is 25.3 Å². The van der Waals surface area contributed by atoms with Crippen molar-refractivity contribution in [3.05, 3.63) is 24.0 Å². The number of hydrogen-bond acceptors (Lipinski definition) is 3. The van der Waals surface area contributed by atoms with Gasteiger partial charge in [-0.2, -0.15) is 0 Å². The number of aromatic nitrogens is 1. The number of ether oxygens (including phenoxy) is 1. The molecule has 5 heteroatoms. The molecule has 1 aromatic heterocycles. The van der Waals surface area contributed by atoms with E-state index in [0.29, 0.717) is 12.3 Å². The summed E-state index contributed by atoms with van der Waals surface area (Å²) in [5.74, 6) is 0. The van der Waals surface area contributed by atoms with Crippen molar-refractivity contribution in [1.82, 2.24) is 4.57 Å². The van der Waals surface area contributed by atoms with Gasteiger partial charge in [0.05, 0.1) is 12.3 Å². The lowest BCUT2D eigenvalue weighted by Crippen LogP contribution is -2.21. The van der Waals surface area contributed by atoms with Crippen LogP contribution in [0.4, 0.5) is 4.79 Å². The second-order valence-corrected chi connectivity index (χ2v) is 2.77. The van der Waals surface area contributed by atoms with Gasteiger partial charge in [0.2, 0.25) is 0 Å². The van der Waals surface area contributed by atoms with Crippen molar-refractivity contribution in [2.24, 2.45) is 5.73 Å². The number of nitrogens with two attached hydrogens (primary N) is 1. The molecule has 0 aromatic carbocycles. The molecule has 0 aliphatic rings. The maximum absolute atomic E-state index is 11.3. The lowest BCUT2D eigenvalue weighted by atomic mass is 10.4. The molecule has 0 saturated carbocycles. The van der Waals surface area contributed by atoms with Gasteiger partial charge in [-0.25, -0.2) is 4.79 Å². The van der Waals surface area contributed by atoms with Crippen molar-refractivity contribution in [2.45, 2.75) is 6.92 Å². The summed E-state index contributed by atoms with van der Waals surface area (Å²) in [4.78, 5) is 11.4. The SMILES string of the molecule is CCOC(=O)n1cccc1C(N)=S. The van der Waals surface area contributed by atoms with E-state index in [4.69, 9.17) is 22.7 Å². The van der Waals surface area contributed by atoms with Crippen molar-refractivity contribution in [3.8, 4) is 0 Å². The quantitative estimate of drug-likeness (QED) is 0.724. The van der Waals surface area contributed by atoms with Gasteiger partial charge in [-0.1, -0.05) is 12.2 Å². The Hall–Kier alpha value is -1.36. The van der Waals surface area contributed by atoms with Gasteiger partial charge in [0.1, 0.15) is 4.99 Å². The molecule has 1 aromatic rings. The van der Waals surface area contributed by atoms with Crippen LogP contribution in [0, 0.1) is 0 Å². The standard InChI is InChI=1S/C8H10N2O2S/c1-2-12-8(11)10-5-3-4-6(10)7(9)13/h3-5H,2H2,1H3,(H2,9,13). The molecule has 0 atom stereocenters. The normalized spacial score (nSPS) is 9.62. The van der Waals surface area contributed by atoms with Gasteiger partial charge in [0, 0.05) is 6.20 Å². The molecule has 0 spiro atoms. The van der Waals surface area contributed by atoms with Gasteiger partial charge in [0.25, 0.3) is 0 Å². The molecule has 0 saturated heterocycles.